The molecule has 0 aromatic carbocycles. The van der Waals surface area contributed by atoms with Gasteiger partial charge in [-0.15, -0.1) is 0 Å². The van der Waals surface area contributed by atoms with Crippen LogP contribution < -0.4 is 0 Å². The largest absolute Gasteiger partial charge is 0.473 e. The molecule has 0 heterocycles. The van der Waals surface area contributed by atoms with E-state index in [-0.39, 0.29) is 29.2 Å². The zero-order valence-electron chi connectivity index (χ0n) is 19.8. The number of ether oxygens (including phenoxy) is 2. The lowest BCUT2D eigenvalue weighted by Gasteiger charge is -2.63. The van der Waals surface area contributed by atoms with E-state index in [4.69, 9.17) is 9.84 Å². The van der Waals surface area contributed by atoms with Gasteiger partial charge in [-0.1, -0.05) is 13.8 Å². The molecule has 4 rings (SSSR count). The van der Waals surface area contributed by atoms with Crippen molar-refractivity contribution in [3.05, 3.63) is 0 Å². The van der Waals surface area contributed by atoms with Crippen molar-refractivity contribution in [1.82, 2.24) is 0 Å². The van der Waals surface area contributed by atoms with Crippen molar-refractivity contribution in [3.8, 4) is 0 Å². The summed E-state index contributed by atoms with van der Waals surface area (Å²) in [6.45, 7) is 5.23. The Morgan fingerprint density at radius 1 is 0.939 bits per heavy atom. The third-order valence-corrected chi connectivity index (χ3v) is 10.0. The van der Waals surface area contributed by atoms with Crippen molar-refractivity contribution < 1.29 is 38.9 Å². The molecule has 0 aromatic rings. The van der Waals surface area contributed by atoms with Gasteiger partial charge >= 0.3 is 17.9 Å². The van der Waals surface area contributed by atoms with E-state index in [1.807, 2.05) is 6.92 Å². The number of esters is 2. The summed E-state index contributed by atoms with van der Waals surface area (Å²) in [5, 5.41) is 20.8. The van der Waals surface area contributed by atoms with E-state index in [1.54, 1.807) is 0 Å². The highest BCUT2D eigenvalue weighted by atomic mass is 16.6. The molecular formula is C25H36O8. The van der Waals surface area contributed by atoms with Crippen LogP contribution in [-0.4, -0.2) is 52.2 Å². The minimum Gasteiger partial charge on any atom is -0.473 e. The van der Waals surface area contributed by atoms with Crippen LogP contribution in [0.1, 0.15) is 78.6 Å². The van der Waals surface area contributed by atoms with Gasteiger partial charge in [0.2, 0.25) is 0 Å². The Morgan fingerprint density at radius 3 is 2.33 bits per heavy atom. The van der Waals surface area contributed by atoms with Crippen molar-refractivity contribution in [2.24, 2.45) is 34.5 Å². The van der Waals surface area contributed by atoms with E-state index >= 15 is 0 Å². The number of aliphatic hydroxyl groups is 1. The maximum absolute atomic E-state index is 12.9. The first kappa shape index (κ1) is 24.2. The lowest BCUT2D eigenvalue weighted by molar-refractivity contribution is -0.212. The maximum Gasteiger partial charge on any atom is 0.417 e. The number of carbonyl (C=O) groups is 4. The third-order valence-electron chi connectivity index (χ3n) is 10.0. The van der Waals surface area contributed by atoms with E-state index in [2.05, 4.69) is 11.7 Å². The average Bonchev–Trinajstić information content (AvgIpc) is 3.03. The fraction of sp³-hybridized carbons (Fsp3) is 0.840. The van der Waals surface area contributed by atoms with E-state index in [0.717, 1.165) is 38.5 Å². The lowest BCUT2D eigenvalue weighted by atomic mass is 9.43. The molecule has 33 heavy (non-hydrogen) atoms. The Balaban J connectivity index is 1.50. The molecule has 4 fully saturated rings. The minimum atomic E-state index is -1.72. The Kier molecular flexibility index (Phi) is 6.13. The summed E-state index contributed by atoms with van der Waals surface area (Å²) in [6.07, 6.45) is 7.23. The number of hydrogen-bond donors (Lipinski definition) is 2. The van der Waals surface area contributed by atoms with Gasteiger partial charge in [0.05, 0.1) is 5.60 Å². The third kappa shape index (κ3) is 3.78. The van der Waals surface area contributed by atoms with Gasteiger partial charge in [0.1, 0.15) is 6.10 Å². The zero-order valence-corrected chi connectivity index (χ0v) is 19.8. The van der Waals surface area contributed by atoms with Gasteiger partial charge in [0.25, 0.3) is 0 Å². The molecular weight excluding hydrogens is 428 g/mol. The van der Waals surface area contributed by atoms with Gasteiger partial charge in [-0.25, -0.2) is 9.59 Å². The molecule has 0 saturated heterocycles. The molecule has 4 aliphatic rings. The summed E-state index contributed by atoms with van der Waals surface area (Å²) in [6, 6.07) is 0. The Morgan fingerprint density at radius 2 is 1.67 bits per heavy atom. The molecule has 5 unspecified atom stereocenters. The molecule has 4 saturated carbocycles. The molecule has 184 valence electrons. The van der Waals surface area contributed by atoms with Gasteiger partial charge in [-0.3, -0.25) is 9.59 Å². The van der Waals surface area contributed by atoms with Crippen LogP contribution in [0.5, 0.6) is 0 Å². The van der Waals surface area contributed by atoms with Gasteiger partial charge in [0.15, 0.2) is 12.4 Å². The highest BCUT2D eigenvalue weighted by Gasteiger charge is 2.68. The summed E-state index contributed by atoms with van der Waals surface area (Å²) in [7, 11) is 0. The first-order valence-corrected chi connectivity index (χ1v) is 12.2. The van der Waals surface area contributed by atoms with Gasteiger partial charge in [0, 0.05) is 18.3 Å². The summed E-state index contributed by atoms with van der Waals surface area (Å²) < 4.78 is 10.2. The monoisotopic (exact) mass is 464 g/mol. The quantitative estimate of drug-likeness (QED) is 0.480. The summed E-state index contributed by atoms with van der Waals surface area (Å²) in [4.78, 5) is 46.3. The summed E-state index contributed by atoms with van der Waals surface area (Å²) in [5.74, 6) is -3.21. The lowest BCUT2D eigenvalue weighted by Crippen LogP contribution is -2.62. The molecule has 0 radical (unpaired) electrons. The van der Waals surface area contributed by atoms with E-state index in [0.29, 0.717) is 31.1 Å². The maximum atomic E-state index is 12.9. The van der Waals surface area contributed by atoms with Gasteiger partial charge in [-0.05, 0) is 81.0 Å². The standard InChI is InChI=1S/C25H36O8/c1-14(26)33-16-6-9-23(2)15(12-16)4-5-18-17(23)7-10-24(3)19(8-11-25(18,24)31)20(27)13-32-22(30)21(28)29/h15-19,31H,4-13H2,1-3H3,(H,28,29)/t15?,16-,17?,18?,19+,23?,24?,25-/m0/s1. The Bertz CT molecular complexity index is 853. The van der Waals surface area contributed by atoms with Crippen LogP contribution in [0.25, 0.3) is 0 Å². The SMILES string of the molecule is CC(=O)O[C@H]1CCC2(C)C(CCC3C2CCC2(C)[C@@H](C(=O)COC(=O)C(=O)O)CC[C@]32O)C1. The topological polar surface area (TPSA) is 127 Å². The number of fused-ring (bicyclic) bond motifs is 5. The molecule has 8 heteroatoms. The molecule has 4 aliphatic carbocycles. The number of ketones is 1. The van der Waals surface area contributed by atoms with Crippen LogP contribution in [0.3, 0.4) is 0 Å². The Labute approximate surface area is 194 Å². The smallest absolute Gasteiger partial charge is 0.417 e. The van der Waals surface area contributed by atoms with Crippen molar-refractivity contribution in [2.75, 3.05) is 6.61 Å². The van der Waals surface area contributed by atoms with Crippen LogP contribution >= 0.6 is 0 Å². The first-order chi connectivity index (χ1) is 15.4. The second kappa shape index (κ2) is 8.36. The van der Waals surface area contributed by atoms with Crippen LogP contribution in [-0.2, 0) is 28.7 Å². The molecule has 8 nitrogen and oxygen atoms in total. The molecule has 0 aliphatic heterocycles. The van der Waals surface area contributed by atoms with E-state index in [9.17, 15) is 24.3 Å². The number of rotatable bonds is 4. The normalized spacial score (nSPS) is 44.1. The number of hydrogen-bond acceptors (Lipinski definition) is 7. The number of carbonyl (C=O) groups excluding carboxylic acids is 3. The summed E-state index contributed by atoms with van der Waals surface area (Å²) in [5.41, 5.74) is -1.50. The van der Waals surface area contributed by atoms with E-state index < -0.39 is 35.5 Å². The predicted molar refractivity (Wildman–Crippen MR) is 116 cm³/mol. The second-order valence-electron chi connectivity index (χ2n) is 11.3. The first-order valence-electron chi connectivity index (χ1n) is 12.2. The van der Waals surface area contributed by atoms with Crippen LogP contribution in [0.2, 0.25) is 0 Å². The van der Waals surface area contributed by atoms with Gasteiger partial charge < -0.3 is 19.7 Å². The highest BCUT2D eigenvalue weighted by molar-refractivity contribution is 6.28. The summed E-state index contributed by atoms with van der Waals surface area (Å²) >= 11 is 0. The van der Waals surface area contributed by atoms with Crippen molar-refractivity contribution in [1.29, 1.82) is 0 Å². The highest BCUT2D eigenvalue weighted by Crippen LogP contribution is 2.69. The fourth-order valence-electron chi connectivity index (χ4n) is 8.34. The van der Waals surface area contributed by atoms with Crippen molar-refractivity contribution >= 4 is 23.7 Å². The average molecular weight is 465 g/mol. The molecule has 2 N–H and O–H groups in total. The molecule has 0 aromatic heterocycles. The molecule has 0 spiro atoms. The number of carboxylic acids is 1. The molecule has 0 amide bonds. The van der Waals surface area contributed by atoms with Crippen molar-refractivity contribution in [3.63, 3.8) is 0 Å². The fourth-order valence-corrected chi connectivity index (χ4v) is 8.34. The molecule has 8 atom stereocenters. The number of aliphatic carboxylic acids is 1. The predicted octanol–water partition coefficient (Wildman–Crippen LogP) is 2.89. The second-order valence-corrected chi connectivity index (χ2v) is 11.3. The van der Waals surface area contributed by atoms with Crippen LogP contribution in [0.15, 0.2) is 0 Å². The van der Waals surface area contributed by atoms with Gasteiger partial charge in [-0.2, -0.15) is 0 Å². The van der Waals surface area contributed by atoms with Crippen LogP contribution in [0, 0.1) is 34.5 Å². The van der Waals surface area contributed by atoms with E-state index in [1.165, 1.54) is 6.92 Å². The number of carboxylic acid groups (broad SMARTS) is 1. The molecule has 0 bridgehead atoms. The van der Waals surface area contributed by atoms with Crippen LogP contribution in [0.4, 0.5) is 0 Å². The van der Waals surface area contributed by atoms with Crippen molar-refractivity contribution in [2.45, 2.75) is 90.3 Å². The Hall–Kier alpha value is -1.96. The zero-order chi connectivity index (χ0) is 24.2. The number of Topliss-reactive ketones (excluding diaryl/α,β-unsaturated/α-hetero) is 1. The minimum absolute atomic E-state index is 0.0175.